The van der Waals surface area contributed by atoms with Crippen LogP contribution < -0.4 is 11.1 Å². The molecule has 1 fully saturated rings. The summed E-state index contributed by atoms with van der Waals surface area (Å²) in [6.45, 7) is 9.90. The Kier molecular flexibility index (Phi) is 7.57. The molecule has 0 radical (unpaired) electrons. The van der Waals surface area contributed by atoms with E-state index in [0.717, 1.165) is 25.7 Å². The van der Waals surface area contributed by atoms with Gasteiger partial charge in [-0.25, -0.2) is 0 Å². The zero-order valence-corrected chi connectivity index (χ0v) is 11.6. The highest BCUT2D eigenvalue weighted by atomic mass is 35.5. The fourth-order valence-corrected chi connectivity index (χ4v) is 1.46. The summed E-state index contributed by atoms with van der Waals surface area (Å²) in [5.41, 5.74) is 5.82. The van der Waals surface area contributed by atoms with Gasteiger partial charge in [-0.15, -0.1) is 12.4 Å². The molecule has 1 aliphatic carbocycles. The summed E-state index contributed by atoms with van der Waals surface area (Å²) >= 11 is 0. The van der Waals surface area contributed by atoms with Crippen LogP contribution in [0.3, 0.4) is 0 Å². The molecule has 0 heterocycles. The van der Waals surface area contributed by atoms with Crippen molar-refractivity contribution in [1.82, 2.24) is 5.32 Å². The molecule has 1 atom stereocenters. The molecule has 3 N–H and O–H groups in total. The molecule has 0 spiro atoms. The second-order valence-corrected chi connectivity index (χ2v) is 5.22. The summed E-state index contributed by atoms with van der Waals surface area (Å²) in [5.74, 6) is 1.40. The highest BCUT2D eigenvalue weighted by Gasteiger charge is 2.25. The molecule has 0 aromatic heterocycles. The molecule has 4 heteroatoms. The first kappa shape index (κ1) is 16.2. The molecule has 16 heavy (non-hydrogen) atoms. The summed E-state index contributed by atoms with van der Waals surface area (Å²) < 4.78 is 5.57. The van der Waals surface area contributed by atoms with Crippen LogP contribution in [0.4, 0.5) is 0 Å². The van der Waals surface area contributed by atoms with Crippen LogP contribution in [-0.2, 0) is 4.74 Å². The van der Waals surface area contributed by atoms with Crippen LogP contribution in [0.1, 0.15) is 33.6 Å². The van der Waals surface area contributed by atoms with Gasteiger partial charge in [0.05, 0.1) is 6.61 Å². The molecule has 3 nitrogen and oxygen atoms in total. The summed E-state index contributed by atoms with van der Waals surface area (Å²) in [5, 5.41) is 3.49. The minimum atomic E-state index is 0. The largest absolute Gasteiger partial charge is 0.380 e. The van der Waals surface area contributed by atoms with E-state index in [1.54, 1.807) is 0 Å². The van der Waals surface area contributed by atoms with Crippen LogP contribution in [0.2, 0.25) is 0 Å². The third-order valence-electron chi connectivity index (χ3n) is 3.52. The molecule has 98 valence electrons. The average molecular weight is 251 g/mol. The normalized spacial score (nSPS) is 19.3. The maximum absolute atomic E-state index is 5.78. The number of ether oxygens (including phenoxy) is 1. The molecular weight excluding hydrogens is 224 g/mol. The van der Waals surface area contributed by atoms with Gasteiger partial charge in [-0.3, -0.25) is 0 Å². The first-order valence-electron chi connectivity index (χ1n) is 6.11. The highest BCUT2D eigenvalue weighted by Crippen LogP contribution is 2.28. The zero-order chi connectivity index (χ0) is 11.3. The number of hydrogen-bond donors (Lipinski definition) is 2. The Morgan fingerprint density at radius 2 is 2.06 bits per heavy atom. The fraction of sp³-hybridized carbons (Fsp3) is 1.00. The smallest absolute Gasteiger partial charge is 0.0591 e. The maximum atomic E-state index is 5.78. The van der Waals surface area contributed by atoms with Gasteiger partial charge in [0.25, 0.3) is 0 Å². The standard InChI is InChI=1S/C12H26N2O.ClH/c1-10(2)12(3,9-13)14-6-7-15-8-11-4-5-11;/h10-11,14H,4-9,13H2,1-3H3;1H. The first-order chi connectivity index (χ1) is 7.08. The van der Waals surface area contributed by atoms with E-state index >= 15 is 0 Å². The minimum Gasteiger partial charge on any atom is -0.380 e. The lowest BCUT2D eigenvalue weighted by atomic mass is 9.88. The van der Waals surface area contributed by atoms with Crippen LogP contribution in [0, 0.1) is 11.8 Å². The van der Waals surface area contributed by atoms with E-state index in [-0.39, 0.29) is 17.9 Å². The fourth-order valence-electron chi connectivity index (χ4n) is 1.46. The second-order valence-electron chi connectivity index (χ2n) is 5.22. The van der Waals surface area contributed by atoms with Crippen molar-refractivity contribution in [3.63, 3.8) is 0 Å². The summed E-state index contributed by atoms with van der Waals surface area (Å²) in [4.78, 5) is 0. The molecule has 1 unspecified atom stereocenters. The lowest BCUT2D eigenvalue weighted by molar-refractivity contribution is 0.116. The lowest BCUT2D eigenvalue weighted by Gasteiger charge is -2.33. The van der Waals surface area contributed by atoms with E-state index in [9.17, 15) is 0 Å². The SMILES string of the molecule is CC(C)C(C)(CN)NCCOCC1CC1.Cl. The maximum Gasteiger partial charge on any atom is 0.0591 e. The Labute approximate surface area is 106 Å². The van der Waals surface area contributed by atoms with Crippen molar-refractivity contribution < 1.29 is 4.74 Å². The molecule has 1 saturated carbocycles. The van der Waals surface area contributed by atoms with Crippen LogP contribution in [0.25, 0.3) is 0 Å². The molecule has 0 amide bonds. The molecule has 0 aromatic carbocycles. The first-order valence-corrected chi connectivity index (χ1v) is 6.11. The molecular formula is C12H27ClN2O. The number of nitrogens with one attached hydrogen (secondary N) is 1. The van der Waals surface area contributed by atoms with Crippen molar-refractivity contribution in [3.05, 3.63) is 0 Å². The Hall–Kier alpha value is 0.170. The monoisotopic (exact) mass is 250 g/mol. The summed E-state index contributed by atoms with van der Waals surface area (Å²) in [6, 6.07) is 0. The Morgan fingerprint density at radius 1 is 1.44 bits per heavy atom. The molecule has 0 bridgehead atoms. The molecule has 1 rings (SSSR count). The zero-order valence-electron chi connectivity index (χ0n) is 10.8. The van der Waals surface area contributed by atoms with E-state index < -0.39 is 0 Å². The van der Waals surface area contributed by atoms with Gasteiger partial charge < -0.3 is 15.8 Å². The van der Waals surface area contributed by atoms with Crippen molar-refractivity contribution >= 4 is 12.4 Å². The second kappa shape index (κ2) is 7.49. The van der Waals surface area contributed by atoms with E-state index in [2.05, 4.69) is 26.1 Å². The molecule has 1 aliphatic rings. The van der Waals surface area contributed by atoms with Gasteiger partial charge in [0, 0.05) is 25.2 Å². The number of halogens is 1. The van der Waals surface area contributed by atoms with E-state index in [4.69, 9.17) is 10.5 Å². The van der Waals surface area contributed by atoms with Gasteiger partial charge in [-0.2, -0.15) is 0 Å². The van der Waals surface area contributed by atoms with Crippen LogP contribution >= 0.6 is 12.4 Å². The Balaban J connectivity index is 0.00000225. The van der Waals surface area contributed by atoms with Crippen molar-refractivity contribution in [1.29, 1.82) is 0 Å². The third-order valence-corrected chi connectivity index (χ3v) is 3.52. The van der Waals surface area contributed by atoms with Crippen LogP contribution in [-0.4, -0.2) is 31.8 Å². The predicted molar refractivity (Wildman–Crippen MR) is 71.1 cm³/mol. The van der Waals surface area contributed by atoms with Gasteiger partial charge in [-0.1, -0.05) is 13.8 Å². The van der Waals surface area contributed by atoms with Crippen molar-refractivity contribution in [2.24, 2.45) is 17.6 Å². The quantitative estimate of drug-likeness (QED) is 0.646. The minimum absolute atomic E-state index is 0. The average Bonchev–Trinajstić information content (AvgIpc) is 3.00. The predicted octanol–water partition coefficient (Wildman–Crippen LogP) is 1.80. The van der Waals surface area contributed by atoms with Crippen molar-refractivity contribution in [2.75, 3.05) is 26.3 Å². The summed E-state index contributed by atoms with van der Waals surface area (Å²) in [7, 11) is 0. The van der Waals surface area contributed by atoms with Gasteiger partial charge in [0.1, 0.15) is 0 Å². The van der Waals surface area contributed by atoms with Crippen LogP contribution in [0.5, 0.6) is 0 Å². The Morgan fingerprint density at radius 3 is 2.50 bits per heavy atom. The number of hydrogen-bond acceptors (Lipinski definition) is 3. The van der Waals surface area contributed by atoms with Gasteiger partial charge in [-0.05, 0) is 31.6 Å². The van der Waals surface area contributed by atoms with E-state index in [1.807, 2.05) is 0 Å². The molecule has 0 aromatic rings. The molecule has 0 saturated heterocycles. The highest BCUT2D eigenvalue weighted by molar-refractivity contribution is 5.85. The lowest BCUT2D eigenvalue weighted by Crippen LogP contribution is -2.53. The van der Waals surface area contributed by atoms with E-state index in [0.29, 0.717) is 12.5 Å². The van der Waals surface area contributed by atoms with Crippen molar-refractivity contribution in [2.45, 2.75) is 39.2 Å². The van der Waals surface area contributed by atoms with Crippen molar-refractivity contribution in [3.8, 4) is 0 Å². The number of rotatable bonds is 8. The third kappa shape index (κ3) is 5.48. The summed E-state index contributed by atoms with van der Waals surface area (Å²) in [6.07, 6.45) is 2.72. The molecule has 0 aliphatic heterocycles. The van der Waals surface area contributed by atoms with E-state index in [1.165, 1.54) is 12.8 Å². The Bertz CT molecular complexity index is 186. The van der Waals surface area contributed by atoms with Crippen LogP contribution in [0.15, 0.2) is 0 Å². The van der Waals surface area contributed by atoms with Gasteiger partial charge >= 0.3 is 0 Å². The van der Waals surface area contributed by atoms with Gasteiger partial charge in [0.2, 0.25) is 0 Å². The number of nitrogens with two attached hydrogens (primary N) is 1. The van der Waals surface area contributed by atoms with Gasteiger partial charge in [0.15, 0.2) is 0 Å². The topological polar surface area (TPSA) is 47.3 Å².